The molecule has 0 saturated heterocycles. The zero-order valence-corrected chi connectivity index (χ0v) is 20.3. The molecule has 0 fully saturated rings. The lowest BCUT2D eigenvalue weighted by Gasteiger charge is -2.26. The number of benzene rings is 3. The number of nitrogens with one attached hydrogen (secondary N) is 1. The summed E-state index contributed by atoms with van der Waals surface area (Å²) in [6.07, 6.45) is -0.0278. The van der Waals surface area contributed by atoms with Crippen LogP contribution in [0.3, 0.4) is 0 Å². The van der Waals surface area contributed by atoms with E-state index < -0.39 is 22.5 Å². The lowest BCUT2D eigenvalue weighted by Crippen LogP contribution is -2.38. The molecule has 0 aromatic heterocycles. The lowest BCUT2D eigenvalue weighted by atomic mass is 10.2. The molecule has 1 amide bonds. The van der Waals surface area contributed by atoms with E-state index in [4.69, 9.17) is 14.2 Å². The molecule has 0 aliphatic heterocycles. The maximum atomic E-state index is 13.6. The fourth-order valence-electron chi connectivity index (χ4n) is 3.26. The normalized spacial score (nSPS) is 11.1. The Hall–Kier alpha value is -3.72. The highest BCUT2D eigenvalue weighted by Gasteiger charge is 2.29. The number of ether oxygens (including phenoxy) is 3. The van der Waals surface area contributed by atoms with Gasteiger partial charge in [0.25, 0.3) is 10.0 Å². The van der Waals surface area contributed by atoms with Crippen LogP contribution in [0.15, 0.2) is 77.7 Å². The minimum absolute atomic E-state index is 0.0278. The third-order valence-electron chi connectivity index (χ3n) is 4.76. The molecular formula is C25H28N2O6S. The predicted molar refractivity (Wildman–Crippen MR) is 131 cm³/mol. The van der Waals surface area contributed by atoms with Crippen molar-refractivity contribution in [1.82, 2.24) is 0 Å². The van der Waals surface area contributed by atoms with E-state index in [9.17, 15) is 13.2 Å². The van der Waals surface area contributed by atoms with Gasteiger partial charge in [-0.25, -0.2) is 8.42 Å². The van der Waals surface area contributed by atoms with Gasteiger partial charge in [-0.15, -0.1) is 0 Å². The lowest BCUT2D eigenvalue weighted by molar-refractivity contribution is -0.114. The Bertz CT molecular complexity index is 1230. The Balaban J connectivity index is 1.96. The second-order valence-electron chi connectivity index (χ2n) is 7.61. The zero-order chi connectivity index (χ0) is 24.7. The van der Waals surface area contributed by atoms with E-state index in [-0.39, 0.29) is 22.4 Å². The third-order valence-corrected chi connectivity index (χ3v) is 6.54. The Morgan fingerprint density at radius 1 is 0.912 bits per heavy atom. The SMILES string of the molecule is COc1ccc(N(CC(=O)Nc2cccc(OC(C)C)c2)S(=O)(=O)c2ccccc2)c(OC)c1. The van der Waals surface area contributed by atoms with Gasteiger partial charge in [0.1, 0.15) is 23.8 Å². The zero-order valence-electron chi connectivity index (χ0n) is 19.5. The summed E-state index contributed by atoms with van der Waals surface area (Å²) < 4.78 is 44.4. The molecule has 0 spiro atoms. The van der Waals surface area contributed by atoms with Gasteiger partial charge in [-0.05, 0) is 50.2 Å². The highest BCUT2D eigenvalue weighted by molar-refractivity contribution is 7.92. The topological polar surface area (TPSA) is 94.2 Å². The molecule has 3 rings (SSSR count). The molecule has 0 aliphatic rings. The standard InChI is InChI=1S/C25H28N2O6S/c1-18(2)33-21-10-8-9-19(15-21)26-25(28)17-27(34(29,30)22-11-6-5-7-12-22)23-14-13-20(31-3)16-24(23)32-4/h5-16,18H,17H2,1-4H3,(H,26,28). The first-order chi connectivity index (χ1) is 16.2. The molecule has 0 atom stereocenters. The molecule has 0 bridgehead atoms. The van der Waals surface area contributed by atoms with Crippen LogP contribution in [-0.4, -0.2) is 41.2 Å². The quantitative estimate of drug-likeness (QED) is 0.461. The van der Waals surface area contributed by atoms with Crippen molar-refractivity contribution >= 4 is 27.3 Å². The van der Waals surface area contributed by atoms with Crippen molar-refractivity contribution in [2.75, 3.05) is 30.4 Å². The number of nitrogens with zero attached hydrogens (tertiary/aromatic N) is 1. The van der Waals surface area contributed by atoms with Crippen LogP contribution in [0.1, 0.15) is 13.8 Å². The fraction of sp³-hybridized carbons (Fsp3) is 0.240. The predicted octanol–water partition coefficient (Wildman–Crippen LogP) is 4.33. The number of anilines is 2. The van der Waals surface area contributed by atoms with E-state index in [0.29, 0.717) is 17.2 Å². The highest BCUT2D eigenvalue weighted by atomic mass is 32.2. The summed E-state index contributed by atoms with van der Waals surface area (Å²) in [5.74, 6) is 0.806. The number of carbonyl (C=O) groups excluding carboxylic acids is 1. The molecule has 3 aromatic rings. The molecule has 1 N–H and O–H groups in total. The van der Waals surface area contributed by atoms with Gasteiger partial charge < -0.3 is 19.5 Å². The average Bonchev–Trinajstić information content (AvgIpc) is 2.82. The Morgan fingerprint density at radius 2 is 1.65 bits per heavy atom. The van der Waals surface area contributed by atoms with Gasteiger partial charge in [-0.2, -0.15) is 0 Å². The minimum Gasteiger partial charge on any atom is -0.497 e. The number of carbonyl (C=O) groups is 1. The van der Waals surface area contributed by atoms with E-state index in [1.54, 1.807) is 60.7 Å². The summed E-state index contributed by atoms with van der Waals surface area (Å²) in [5.41, 5.74) is 0.695. The van der Waals surface area contributed by atoms with Crippen molar-refractivity contribution in [2.24, 2.45) is 0 Å². The minimum atomic E-state index is -4.09. The van der Waals surface area contributed by atoms with Gasteiger partial charge in [-0.1, -0.05) is 24.3 Å². The van der Waals surface area contributed by atoms with Gasteiger partial charge in [-0.3, -0.25) is 9.10 Å². The number of amides is 1. The van der Waals surface area contributed by atoms with Crippen molar-refractivity contribution in [3.8, 4) is 17.2 Å². The molecule has 180 valence electrons. The fourth-order valence-corrected chi connectivity index (χ4v) is 4.71. The molecule has 0 unspecified atom stereocenters. The second kappa shape index (κ2) is 10.9. The summed E-state index contributed by atoms with van der Waals surface area (Å²) >= 11 is 0. The summed E-state index contributed by atoms with van der Waals surface area (Å²) in [6.45, 7) is 3.33. The van der Waals surface area contributed by atoms with Gasteiger partial charge in [0, 0.05) is 17.8 Å². The van der Waals surface area contributed by atoms with E-state index >= 15 is 0 Å². The molecule has 0 aliphatic carbocycles. The van der Waals surface area contributed by atoms with Crippen molar-refractivity contribution in [2.45, 2.75) is 24.8 Å². The number of hydrogen-bond acceptors (Lipinski definition) is 6. The number of methoxy groups -OCH3 is 2. The van der Waals surface area contributed by atoms with E-state index in [1.807, 2.05) is 13.8 Å². The van der Waals surface area contributed by atoms with Crippen LogP contribution in [0.25, 0.3) is 0 Å². The van der Waals surface area contributed by atoms with E-state index in [0.717, 1.165) is 4.31 Å². The summed E-state index contributed by atoms with van der Waals surface area (Å²) in [5, 5.41) is 2.75. The summed E-state index contributed by atoms with van der Waals surface area (Å²) in [4.78, 5) is 13.1. The van der Waals surface area contributed by atoms with Gasteiger partial charge in [0.05, 0.1) is 30.9 Å². The van der Waals surface area contributed by atoms with Crippen LogP contribution in [0.4, 0.5) is 11.4 Å². The van der Waals surface area contributed by atoms with Gasteiger partial charge in [0.15, 0.2) is 0 Å². The first kappa shape index (κ1) is 24.9. The average molecular weight is 485 g/mol. The van der Waals surface area contributed by atoms with Crippen LogP contribution in [-0.2, 0) is 14.8 Å². The largest absolute Gasteiger partial charge is 0.497 e. The monoisotopic (exact) mass is 484 g/mol. The van der Waals surface area contributed by atoms with Gasteiger partial charge >= 0.3 is 0 Å². The molecule has 3 aromatic carbocycles. The van der Waals surface area contributed by atoms with E-state index in [2.05, 4.69) is 5.32 Å². The maximum Gasteiger partial charge on any atom is 0.264 e. The van der Waals surface area contributed by atoms with Gasteiger partial charge in [0.2, 0.25) is 5.91 Å². The second-order valence-corrected chi connectivity index (χ2v) is 9.47. The molecule has 0 radical (unpaired) electrons. The molecular weight excluding hydrogens is 456 g/mol. The Kier molecular flexibility index (Phi) is 8.01. The third kappa shape index (κ3) is 5.99. The molecule has 9 heteroatoms. The van der Waals surface area contributed by atoms with Crippen LogP contribution in [0.5, 0.6) is 17.2 Å². The maximum absolute atomic E-state index is 13.6. The summed E-state index contributed by atoms with van der Waals surface area (Å²) in [6, 6.07) is 19.5. The molecule has 34 heavy (non-hydrogen) atoms. The van der Waals surface area contributed by atoms with Crippen LogP contribution in [0, 0.1) is 0 Å². The molecule has 0 saturated carbocycles. The first-order valence-electron chi connectivity index (χ1n) is 10.6. The summed E-state index contributed by atoms with van der Waals surface area (Å²) in [7, 11) is -1.17. The van der Waals surface area contributed by atoms with Crippen LogP contribution < -0.4 is 23.8 Å². The molecule has 0 heterocycles. The molecule has 8 nitrogen and oxygen atoms in total. The van der Waals surface area contributed by atoms with Crippen molar-refractivity contribution in [3.63, 3.8) is 0 Å². The number of sulfonamides is 1. The van der Waals surface area contributed by atoms with E-state index in [1.165, 1.54) is 26.4 Å². The van der Waals surface area contributed by atoms with Crippen molar-refractivity contribution in [3.05, 3.63) is 72.8 Å². The van der Waals surface area contributed by atoms with Crippen molar-refractivity contribution < 1.29 is 27.4 Å². The Labute approximate surface area is 200 Å². The highest BCUT2D eigenvalue weighted by Crippen LogP contribution is 2.35. The Morgan fingerprint density at radius 3 is 2.29 bits per heavy atom. The van der Waals surface area contributed by atoms with Crippen LogP contribution >= 0.6 is 0 Å². The number of rotatable bonds is 10. The first-order valence-corrected chi connectivity index (χ1v) is 12.0. The number of hydrogen-bond donors (Lipinski definition) is 1. The van der Waals surface area contributed by atoms with Crippen LogP contribution in [0.2, 0.25) is 0 Å². The van der Waals surface area contributed by atoms with Crippen molar-refractivity contribution in [1.29, 1.82) is 0 Å². The smallest absolute Gasteiger partial charge is 0.264 e.